The van der Waals surface area contributed by atoms with Crippen molar-refractivity contribution in [3.63, 3.8) is 0 Å². The number of carbonyl (C=O) groups excluding carboxylic acids is 1. The SMILES string of the molecule is CCCO[C@@H]1CC[C@H](C(=O)NCc2ncc[nH]2)C[C@H]1N. The fourth-order valence-electron chi connectivity index (χ4n) is 2.60. The third-order valence-electron chi connectivity index (χ3n) is 3.73. The lowest BCUT2D eigenvalue weighted by Crippen LogP contribution is -2.46. The van der Waals surface area contributed by atoms with E-state index in [2.05, 4.69) is 22.2 Å². The van der Waals surface area contributed by atoms with Crippen LogP contribution >= 0.6 is 0 Å². The molecule has 0 saturated heterocycles. The Morgan fingerprint density at radius 3 is 3.10 bits per heavy atom. The van der Waals surface area contributed by atoms with Crippen LogP contribution in [0.5, 0.6) is 0 Å². The Balaban J connectivity index is 1.75. The summed E-state index contributed by atoms with van der Waals surface area (Å²) < 4.78 is 5.72. The lowest BCUT2D eigenvalue weighted by atomic mass is 9.83. The van der Waals surface area contributed by atoms with Gasteiger partial charge in [-0.05, 0) is 25.7 Å². The molecule has 1 aliphatic rings. The van der Waals surface area contributed by atoms with Gasteiger partial charge in [0.05, 0.1) is 12.6 Å². The van der Waals surface area contributed by atoms with Crippen LogP contribution in [0.1, 0.15) is 38.4 Å². The molecule has 1 aromatic heterocycles. The summed E-state index contributed by atoms with van der Waals surface area (Å²) in [6.07, 6.45) is 6.91. The second-order valence-corrected chi connectivity index (χ2v) is 5.34. The van der Waals surface area contributed by atoms with Crippen LogP contribution in [-0.4, -0.2) is 34.6 Å². The predicted molar refractivity (Wildman–Crippen MR) is 75.8 cm³/mol. The van der Waals surface area contributed by atoms with Gasteiger partial charge in [-0.1, -0.05) is 6.92 Å². The van der Waals surface area contributed by atoms with Crippen LogP contribution in [0.4, 0.5) is 0 Å². The molecule has 1 fully saturated rings. The molecule has 0 aliphatic heterocycles. The lowest BCUT2D eigenvalue weighted by Gasteiger charge is -2.33. The van der Waals surface area contributed by atoms with Crippen LogP contribution in [0, 0.1) is 5.92 Å². The minimum Gasteiger partial charge on any atom is -0.377 e. The molecule has 4 N–H and O–H groups in total. The summed E-state index contributed by atoms with van der Waals surface area (Å²) in [6.45, 7) is 3.26. The van der Waals surface area contributed by atoms with Crippen LogP contribution in [0.2, 0.25) is 0 Å². The Morgan fingerprint density at radius 1 is 1.60 bits per heavy atom. The topological polar surface area (TPSA) is 93.0 Å². The van der Waals surface area contributed by atoms with Gasteiger partial charge in [0.25, 0.3) is 0 Å². The largest absolute Gasteiger partial charge is 0.377 e. The molecule has 0 spiro atoms. The zero-order chi connectivity index (χ0) is 14.4. The highest BCUT2D eigenvalue weighted by Gasteiger charge is 2.32. The van der Waals surface area contributed by atoms with Gasteiger partial charge in [0.1, 0.15) is 5.82 Å². The highest BCUT2D eigenvalue weighted by atomic mass is 16.5. The Kier molecular flexibility index (Phi) is 5.55. The van der Waals surface area contributed by atoms with E-state index in [0.29, 0.717) is 13.0 Å². The number of rotatable bonds is 6. The molecule has 1 amide bonds. The van der Waals surface area contributed by atoms with E-state index >= 15 is 0 Å². The van der Waals surface area contributed by atoms with Crippen LogP contribution in [0.3, 0.4) is 0 Å². The average molecular weight is 280 g/mol. The number of aromatic amines is 1. The number of nitrogens with one attached hydrogen (secondary N) is 2. The molecule has 1 heterocycles. The molecule has 2 rings (SSSR count). The van der Waals surface area contributed by atoms with Crippen molar-refractivity contribution in [3.05, 3.63) is 18.2 Å². The van der Waals surface area contributed by atoms with Gasteiger partial charge in [0.2, 0.25) is 5.91 Å². The Hall–Kier alpha value is -1.40. The molecule has 0 unspecified atom stereocenters. The molecule has 20 heavy (non-hydrogen) atoms. The van der Waals surface area contributed by atoms with E-state index < -0.39 is 0 Å². The van der Waals surface area contributed by atoms with Crippen molar-refractivity contribution in [2.75, 3.05) is 6.61 Å². The first-order valence-corrected chi connectivity index (χ1v) is 7.33. The monoisotopic (exact) mass is 280 g/mol. The van der Waals surface area contributed by atoms with Gasteiger partial charge < -0.3 is 20.8 Å². The molecule has 1 aromatic rings. The average Bonchev–Trinajstić information content (AvgIpc) is 2.96. The molecule has 3 atom stereocenters. The van der Waals surface area contributed by atoms with Crippen molar-refractivity contribution in [2.24, 2.45) is 11.7 Å². The van der Waals surface area contributed by atoms with E-state index in [1.165, 1.54) is 0 Å². The maximum absolute atomic E-state index is 12.1. The zero-order valence-electron chi connectivity index (χ0n) is 12.0. The highest BCUT2D eigenvalue weighted by molar-refractivity contribution is 5.78. The van der Waals surface area contributed by atoms with Crippen LogP contribution in [0.15, 0.2) is 12.4 Å². The van der Waals surface area contributed by atoms with Gasteiger partial charge in [-0.25, -0.2) is 4.98 Å². The van der Waals surface area contributed by atoms with Gasteiger partial charge in [0.15, 0.2) is 0 Å². The van der Waals surface area contributed by atoms with Gasteiger partial charge in [-0.2, -0.15) is 0 Å². The van der Waals surface area contributed by atoms with E-state index in [-0.39, 0.29) is 24.0 Å². The van der Waals surface area contributed by atoms with Crippen molar-refractivity contribution >= 4 is 5.91 Å². The number of carbonyl (C=O) groups is 1. The number of imidazole rings is 1. The number of hydrogen-bond acceptors (Lipinski definition) is 4. The minimum atomic E-state index is -0.0466. The molecule has 1 saturated carbocycles. The summed E-state index contributed by atoms with van der Waals surface area (Å²) in [5, 5.41) is 2.90. The van der Waals surface area contributed by atoms with Crippen LogP contribution < -0.4 is 11.1 Å². The first-order chi connectivity index (χ1) is 9.70. The van der Waals surface area contributed by atoms with E-state index in [4.69, 9.17) is 10.5 Å². The third-order valence-corrected chi connectivity index (χ3v) is 3.73. The summed E-state index contributed by atoms with van der Waals surface area (Å²) in [4.78, 5) is 19.2. The zero-order valence-corrected chi connectivity index (χ0v) is 12.0. The number of nitrogens with zero attached hydrogens (tertiary/aromatic N) is 1. The minimum absolute atomic E-state index is 0.0126. The molecule has 1 aliphatic carbocycles. The van der Waals surface area contributed by atoms with Gasteiger partial charge in [-0.3, -0.25) is 4.79 Å². The Bertz CT molecular complexity index is 407. The summed E-state index contributed by atoms with van der Waals surface area (Å²) >= 11 is 0. The van der Waals surface area contributed by atoms with Gasteiger partial charge in [-0.15, -0.1) is 0 Å². The summed E-state index contributed by atoms with van der Waals surface area (Å²) in [6, 6.07) is -0.0466. The van der Waals surface area contributed by atoms with Crippen LogP contribution in [-0.2, 0) is 16.1 Å². The molecule has 112 valence electrons. The second kappa shape index (κ2) is 7.40. The Morgan fingerprint density at radius 2 is 2.45 bits per heavy atom. The first kappa shape index (κ1) is 15.0. The van der Waals surface area contributed by atoms with Crippen molar-refractivity contribution in [1.29, 1.82) is 0 Å². The smallest absolute Gasteiger partial charge is 0.223 e. The number of ether oxygens (including phenoxy) is 1. The van der Waals surface area contributed by atoms with E-state index in [0.717, 1.165) is 31.7 Å². The fourth-order valence-corrected chi connectivity index (χ4v) is 2.60. The highest BCUT2D eigenvalue weighted by Crippen LogP contribution is 2.26. The molecule has 6 heteroatoms. The molecular weight excluding hydrogens is 256 g/mol. The predicted octanol–water partition coefficient (Wildman–Crippen LogP) is 0.948. The maximum Gasteiger partial charge on any atom is 0.223 e. The van der Waals surface area contributed by atoms with Crippen LogP contribution in [0.25, 0.3) is 0 Å². The molecule has 0 radical (unpaired) electrons. The number of H-pyrrole nitrogens is 1. The van der Waals surface area contributed by atoms with Crippen molar-refractivity contribution in [1.82, 2.24) is 15.3 Å². The standard InChI is InChI=1S/C14H24N4O2/c1-2-7-20-12-4-3-10(8-11(12)15)14(19)18-9-13-16-5-6-17-13/h5-6,10-12H,2-4,7-9,15H2,1H3,(H,16,17)(H,18,19)/t10-,11+,12+/m0/s1. The Labute approximate surface area is 119 Å². The van der Waals surface area contributed by atoms with Gasteiger partial charge in [0, 0.05) is 31.0 Å². The number of hydrogen-bond donors (Lipinski definition) is 3. The van der Waals surface area contributed by atoms with Crippen molar-refractivity contribution in [3.8, 4) is 0 Å². The summed E-state index contributed by atoms with van der Waals surface area (Å²) in [7, 11) is 0. The van der Waals surface area contributed by atoms with E-state index in [1.807, 2.05) is 0 Å². The maximum atomic E-state index is 12.1. The quantitative estimate of drug-likeness (QED) is 0.723. The van der Waals surface area contributed by atoms with E-state index in [1.54, 1.807) is 12.4 Å². The number of nitrogens with two attached hydrogens (primary N) is 1. The van der Waals surface area contributed by atoms with E-state index in [9.17, 15) is 4.79 Å². The first-order valence-electron chi connectivity index (χ1n) is 7.33. The van der Waals surface area contributed by atoms with Crippen molar-refractivity contribution < 1.29 is 9.53 Å². The normalized spacial score (nSPS) is 26.4. The summed E-state index contributed by atoms with van der Waals surface area (Å²) in [5.41, 5.74) is 6.12. The third kappa shape index (κ3) is 4.05. The number of aromatic nitrogens is 2. The van der Waals surface area contributed by atoms with Crippen molar-refractivity contribution in [2.45, 2.75) is 51.3 Å². The lowest BCUT2D eigenvalue weighted by molar-refractivity contribution is -0.127. The molecule has 0 aromatic carbocycles. The fraction of sp³-hybridized carbons (Fsp3) is 0.714. The van der Waals surface area contributed by atoms with Gasteiger partial charge >= 0.3 is 0 Å². The summed E-state index contributed by atoms with van der Waals surface area (Å²) in [5.74, 6) is 0.815. The second-order valence-electron chi connectivity index (χ2n) is 5.34. The molecule has 0 bridgehead atoms. The molecule has 6 nitrogen and oxygen atoms in total. The molecular formula is C14H24N4O2. The number of amides is 1.